The van der Waals surface area contributed by atoms with Crippen molar-refractivity contribution in [1.29, 1.82) is 0 Å². The zero-order valence-corrected chi connectivity index (χ0v) is 10.9. The van der Waals surface area contributed by atoms with Gasteiger partial charge in [0.15, 0.2) is 5.54 Å². The molecule has 0 heterocycles. The number of benzene rings is 1. The first-order valence-corrected chi connectivity index (χ1v) is 6.69. The van der Waals surface area contributed by atoms with Gasteiger partial charge in [-0.15, -0.1) is 0 Å². The second-order valence-corrected chi connectivity index (χ2v) is 5.44. The molecule has 2 aliphatic rings. The number of nitrogens with zero attached hydrogens (tertiary/aromatic N) is 1. The first kappa shape index (κ1) is 12.2. The summed E-state index contributed by atoms with van der Waals surface area (Å²) in [5.74, 6) is -1.04. The van der Waals surface area contributed by atoms with Gasteiger partial charge in [0.05, 0.1) is 0 Å². The smallest absolute Gasteiger partial charge is 0.334 e. The topological polar surface area (TPSA) is 57.6 Å². The molecule has 0 saturated heterocycles. The average Bonchev–Trinajstić information content (AvgIpc) is 3.11. The van der Waals surface area contributed by atoms with Crippen LogP contribution in [0, 0.1) is 0 Å². The molecule has 100 valence electrons. The minimum absolute atomic E-state index is 0.0970. The largest absolute Gasteiger partial charge is 0.479 e. The first-order valence-electron chi connectivity index (χ1n) is 6.69. The fourth-order valence-electron chi connectivity index (χ4n) is 3.34. The average molecular weight is 259 g/mol. The molecule has 19 heavy (non-hydrogen) atoms. The molecule has 4 nitrogen and oxygen atoms in total. The highest BCUT2D eigenvalue weighted by Gasteiger charge is 2.55. The fourth-order valence-corrected chi connectivity index (χ4v) is 3.34. The molecule has 1 N–H and O–H groups in total. The third-order valence-electron chi connectivity index (χ3n) is 4.24. The van der Waals surface area contributed by atoms with E-state index in [0.29, 0.717) is 6.42 Å². The van der Waals surface area contributed by atoms with Crippen molar-refractivity contribution in [3.05, 3.63) is 35.4 Å². The predicted octanol–water partition coefficient (Wildman–Crippen LogP) is 1.92. The van der Waals surface area contributed by atoms with Crippen molar-refractivity contribution < 1.29 is 14.7 Å². The number of aliphatic carboxylic acids is 1. The summed E-state index contributed by atoms with van der Waals surface area (Å²) < 4.78 is 0. The van der Waals surface area contributed by atoms with E-state index >= 15 is 0 Å². The molecule has 1 aromatic carbocycles. The molecular weight excluding hydrogens is 242 g/mol. The summed E-state index contributed by atoms with van der Waals surface area (Å²) in [6.07, 6.45) is 3.03. The Bertz CT molecular complexity index is 550. The number of carboxylic acids is 1. The monoisotopic (exact) mass is 259 g/mol. The van der Waals surface area contributed by atoms with Crippen molar-refractivity contribution >= 4 is 11.9 Å². The fraction of sp³-hybridized carbons (Fsp3) is 0.467. The van der Waals surface area contributed by atoms with Gasteiger partial charge in [-0.3, -0.25) is 4.79 Å². The molecule has 2 aliphatic carbocycles. The van der Waals surface area contributed by atoms with Crippen LogP contribution >= 0.6 is 0 Å². The summed E-state index contributed by atoms with van der Waals surface area (Å²) in [6, 6.07) is 7.69. The van der Waals surface area contributed by atoms with Gasteiger partial charge in [-0.2, -0.15) is 0 Å². The van der Waals surface area contributed by atoms with Gasteiger partial charge in [-0.25, -0.2) is 4.79 Å². The van der Waals surface area contributed by atoms with E-state index in [0.717, 1.165) is 30.4 Å². The van der Waals surface area contributed by atoms with Crippen LogP contribution in [-0.4, -0.2) is 27.9 Å². The molecule has 0 aromatic heterocycles. The number of amides is 1. The van der Waals surface area contributed by atoms with Gasteiger partial charge in [-0.05, 0) is 36.8 Å². The molecule has 0 radical (unpaired) electrons. The van der Waals surface area contributed by atoms with Crippen molar-refractivity contribution in [3.63, 3.8) is 0 Å². The maximum Gasteiger partial charge on any atom is 0.334 e. The Morgan fingerprint density at radius 2 is 2.00 bits per heavy atom. The standard InChI is InChI=1S/C15H17NO3/c1-10(17)16(12-6-7-12)15(14(18)19)9-8-11-4-2-3-5-13(11)15/h2-5,12H,6-9H2,1H3,(H,18,19). The van der Waals surface area contributed by atoms with Crippen LogP contribution < -0.4 is 0 Å². The van der Waals surface area contributed by atoms with Gasteiger partial charge >= 0.3 is 5.97 Å². The summed E-state index contributed by atoms with van der Waals surface area (Å²) >= 11 is 0. The van der Waals surface area contributed by atoms with E-state index in [1.807, 2.05) is 24.3 Å². The van der Waals surface area contributed by atoms with Crippen molar-refractivity contribution in [1.82, 2.24) is 4.90 Å². The summed E-state index contributed by atoms with van der Waals surface area (Å²) in [5, 5.41) is 9.81. The van der Waals surface area contributed by atoms with Gasteiger partial charge in [0.1, 0.15) is 0 Å². The molecular formula is C15H17NO3. The molecule has 1 atom stereocenters. The highest BCUT2D eigenvalue weighted by molar-refractivity contribution is 5.89. The Labute approximate surface area is 112 Å². The Morgan fingerprint density at radius 3 is 2.58 bits per heavy atom. The Balaban J connectivity index is 2.16. The van der Waals surface area contributed by atoms with Gasteiger partial charge in [0, 0.05) is 13.0 Å². The van der Waals surface area contributed by atoms with Gasteiger partial charge in [0.2, 0.25) is 5.91 Å². The van der Waals surface area contributed by atoms with E-state index in [9.17, 15) is 14.7 Å². The van der Waals surface area contributed by atoms with Crippen LogP contribution in [0.25, 0.3) is 0 Å². The second kappa shape index (κ2) is 4.08. The van der Waals surface area contributed by atoms with Crippen molar-refractivity contribution in [2.75, 3.05) is 0 Å². The second-order valence-electron chi connectivity index (χ2n) is 5.44. The number of carbonyl (C=O) groups is 2. The molecule has 1 amide bonds. The number of hydrogen-bond acceptors (Lipinski definition) is 2. The number of hydrogen-bond donors (Lipinski definition) is 1. The van der Waals surface area contributed by atoms with Crippen LogP contribution in [0.2, 0.25) is 0 Å². The zero-order valence-electron chi connectivity index (χ0n) is 10.9. The third-order valence-corrected chi connectivity index (χ3v) is 4.24. The van der Waals surface area contributed by atoms with Crippen LogP contribution in [0.1, 0.15) is 37.3 Å². The minimum Gasteiger partial charge on any atom is -0.479 e. The minimum atomic E-state index is -1.15. The van der Waals surface area contributed by atoms with Gasteiger partial charge < -0.3 is 10.0 Å². The zero-order chi connectivity index (χ0) is 13.6. The van der Waals surface area contributed by atoms with Crippen LogP contribution in [-0.2, 0) is 21.5 Å². The summed E-state index contributed by atoms with van der Waals surface area (Å²) in [6.45, 7) is 1.48. The van der Waals surface area contributed by atoms with Crippen LogP contribution in [0.15, 0.2) is 24.3 Å². The van der Waals surface area contributed by atoms with Crippen LogP contribution in [0.4, 0.5) is 0 Å². The molecule has 1 saturated carbocycles. The molecule has 0 spiro atoms. The number of carbonyl (C=O) groups excluding carboxylic acids is 1. The van der Waals surface area contributed by atoms with E-state index in [2.05, 4.69) is 0 Å². The number of carboxylic acid groups (broad SMARTS) is 1. The normalized spacial score (nSPS) is 24.9. The van der Waals surface area contributed by atoms with Crippen LogP contribution in [0.5, 0.6) is 0 Å². The SMILES string of the molecule is CC(=O)N(C1CC1)C1(C(=O)O)CCc2ccccc21. The molecule has 4 heteroatoms. The van der Waals surface area contributed by atoms with Crippen molar-refractivity contribution in [3.8, 4) is 0 Å². The summed E-state index contributed by atoms with van der Waals surface area (Å²) in [5.41, 5.74) is 0.699. The Morgan fingerprint density at radius 1 is 1.32 bits per heavy atom. The predicted molar refractivity (Wildman–Crippen MR) is 69.6 cm³/mol. The van der Waals surface area contributed by atoms with Crippen molar-refractivity contribution in [2.24, 2.45) is 0 Å². The Hall–Kier alpha value is -1.84. The lowest BCUT2D eigenvalue weighted by Crippen LogP contribution is -2.53. The van der Waals surface area contributed by atoms with E-state index in [1.165, 1.54) is 6.92 Å². The first-order chi connectivity index (χ1) is 9.07. The molecule has 1 aromatic rings. The molecule has 0 aliphatic heterocycles. The molecule has 1 unspecified atom stereocenters. The molecule has 0 bridgehead atoms. The van der Waals surface area contributed by atoms with E-state index in [-0.39, 0.29) is 11.9 Å². The lowest BCUT2D eigenvalue weighted by Gasteiger charge is -2.38. The number of fused-ring (bicyclic) bond motifs is 1. The quantitative estimate of drug-likeness (QED) is 0.902. The third kappa shape index (κ3) is 1.66. The van der Waals surface area contributed by atoms with E-state index in [1.54, 1.807) is 4.90 Å². The van der Waals surface area contributed by atoms with Crippen LogP contribution in [0.3, 0.4) is 0 Å². The molecule has 1 fully saturated rings. The van der Waals surface area contributed by atoms with E-state index < -0.39 is 11.5 Å². The lowest BCUT2D eigenvalue weighted by molar-refractivity contribution is -0.160. The highest BCUT2D eigenvalue weighted by atomic mass is 16.4. The highest BCUT2D eigenvalue weighted by Crippen LogP contribution is 2.46. The Kier molecular flexibility index (Phi) is 2.62. The number of aryl methyl sites for hydroxylation is 1. The lowest BCUT2D eigenvalue weighted by atomic mass is 9.89. The number of rotatable bonds is 3. The maximum atomic E-state index is 12.0. The van der Waals surface area contributed by atoms with E-state index in [4.69, 9.17) is 0 Å². The van der Waals surface area contributed by atoms with Gasteiger partial charge in [-0.1, -0.05) is 24.3 Å². The van der Waals surface area contributed by atoms with Gasteiger partial charge in [0.25, 0.3) is 0 Å². The summed E-state index contributed by atoms with van der Waals surface area (Å²) in [7, 11) is 0. The van der Waals surface area contributed by atoms with Crippen molar-refractivity contribution in [2.45, 2.75) is 44.2 Å². The molecule has 3 rings (SSSR count). The summed E-state index contributed by atoms with van der Waals surface area (Å²) in [4.78, 5) is 25.6. The maximum absolute atomic E-state index is 12.0.